The van der Waals surface area contributed by atoms with Gasteiger partial charge in [-0.3, -0.25) is 0 Å². The molecule has 0 aromatic heterocycles. The second kappa shape index (κ2) is 8.24. The molecule has 0 bridgehead atoms. The highest BCUT2D eigenvalue weighted by atomic mass is 32.2. The quantitative estimate of drug-likeness (QED) is 0.540. The zero-order valence-electron chi connectivity index (χ0n) is 12.2. The lowest BCUT2D eigenvalue weighted by Gasteiger charge is -2.09. The highest BCUT2D eigenvalue weighted by Crippen LogP contribution is 2.16. The van der Waals surface area contributed by atoms with Crippen molar-refractivity contribution in [1.29, 1.82) is 0 Å². The van der Waals surface area contributed by atoms with Gasteiger partial charge in [-0.2, -0.15) is 0 Å². The van der Waals surface area contributed by atoms with Crippen molar-refractivity contribution < 1.29 is 13.2 Å². The predicted octanol–water partition coefficient (Wildman–Crippen LogP) is 2.06. The number of nitrogens with one attached hydrogen (secondary N) is 1. The van der Waals surface area contributed by atoms with Gasteiger partial charge in [0.1, 0.15) is 0 Å². The van der Waals surface area contributed by atoms with Crippen LogP contribution in [0.4, 0.5) is 5.69 Å². The third kappa shape index (κ3) is 5.48. The molecule has 0 atom stereocenters. The molecule has 0 saturated heterocycles. The fraction of sp³-hybridized carbons (Fsp3) is 0.571. The zero-order chi connectivity index (χ0) is 15.0. The Morgan fingerprint density at radius 1 is 1.25 bits per heavy atom. The standard InChI is InChI=1S/C14H24N2O3S/c1-3-4-9-19-10-5-8-16-20(17,18)13-7-6-12(2)14(15)11-13/h6-7,11,16H,3-5,8-10,15H2,1-2H3. The molecule has 1 rings (SSSR count). The van der Waals surface area contributed by atoms with Crippen LogP contribution in [0, 0.1) is 6.92 Å². The van der Waals surface area contributed by atoms with Crippen molar-refractivity contribution in [3.05, 3.63) is 23.8 Å². The summed E-state index contributed by atoms with van der Waals surface area (Å²) in [4.78, 5) is 0.201. The lowest BCUT2D eigenvalue weighted by Crippen LogP contribution is -2.25. The molecule has 1 aromatic rings. The molecule has 1 aromatic carbocycles. The van der Waals surface area contributed by atoms with Gasteiger partial charge in [-0.05, 0) is 37.5 Å². The van der Waals surface area contributed by atoms with Gasteiger partial charge in [-0.15, -0.1) is 0 Å². The predicted molar refractivity (Wildman–Crippen MR) is 81.1 cm³/mol. The van der Waals surface area contributed by atoms with E-state index < -0.39 is 10.0 Å². The molecule has 5 nitrogen and oxygen atoms in total. The van der Waals surface area contributed by atoms with Gasteiger partial charge in [0, 0.05) is 25.4 Å². The number of aryl methyl sites for hydroxylation is 1. The lowest BCUT2D eigenvalue weighted by atomic mass is 10.2. The number of hydrogen-bond donors (Lipinski definition) is 2. The maximum absolute atomic E-state index is 12.0. The summed E-state index contributed by atoms with van der Waals surface area (Å²) in [5.41, 5.74) is 7.08. The Morgan fingerprint density at radius 3 is 2.60 bits per heavy atom. The summed E-state index contributed by atoms with van der Waals surface area (Å²) in [7, 11) is -3.48. The van der Waals surface area contributed by atoms with Crippen molar-refractivity contribution >= 4 is 15.7 Å². The van der Waals surface area contributed by atoms with E-state index in [1.54, 1.807) is 12.1 Å². The first kappa shape index (κ1) is 16.9. The van der Waals surface area contributed by atoms with Gasteiger partial charge in [0.25, 0.3) is 0 Å². The van der Waals surface area contributed by atoms with E-state index in [1.165, 1.54) is 6.07 Å². The molecule has 0 aliphatic rings. The number of benzene rings is 1. The molecule has 0 spiro atoms. The summed E-state index contributed by atoms with van der Waals surface area (Å²) in [5.74, 6) is 0. The van der Waals surface area contributed by atoms with Crippen molar-refractivity contribution in [1.82, 2.24) is 4.72 Å². The Labute approximate surface area is 121 Å². The second-order valence-corrected chi connectivity index (χ2v) is 6.50. The highest BCUT2D eigenvalue weighted by molar-refractivity contribution is 7.89. The maximum atomic E-state index is 12.0. The number of unbranched alkanes of at least 4 members (excludes halogenated alkanes) is 1. The number of rotatable bonds is 9. The minimum atomic E-state index is -3.48. The van der Waals surface area contributed by atoms with Crippen molar-refractivity contribution in [3.8, 4) is 0 Å². The number of nitrogens with two attached hydrogens (primary N) is 1. The molecule has 6 heteroatoms. The van der Waals surface area contributed by atoms with Crippen LogP contribution in [-0.2, 0) is 14.8 Å². The summed E-state index contributed by atoms with van der Waals surface area (Å²) in [5, 5.41) is 0. The van der Waals surface area contributed by atoms with Crippen molar-refractivity contribution in [3.63, 3.8) is 0 Å². The molecular weight excluding hydrogens is 276 g/mol. The second-order valence-electron chi connectivity index (χ2n) is 4.74. The van der Waals surface area contributed by atoms with Crippen molar-refractivity contribution in [2.45, 2.75) is 38.0 Å². The fourth-order valence-corrected chi connectivity index (χ4v) is 2.71. The first-order valence-corrected chi connectivity index (χ1v) is 8.39. The van der Waals surface area contributed by atoms with E-state index in [4.69, 9.17) is 10.5 Å². The summed E-state index contributed by atoms with van der Waals surface area (Å²) < 4.78 is 32.0. The van der Waals surface area contributed by atoms with Gasteiger partial charge in [-0.25, -0.2) is 13.1 Å². The highest BCUT2D eigenvalue weighted by Gasteiger charge is 2.13. The van der Waals surface area contributed by atoms with Crippen LogP contribution in [0.15, 0.2) is 23.1 Å². The van der Waals surface area contributed by atoms with E-state index in [2.05, 4.69) is 11.6 Å². The lowest BCUT2D eigenvalue weighted by molar-refractivity contribution is 0.130. The third-order valence-electron chi connectivity index (χ3n) is 2.96. The molecule has 0 heterocycles. The number of nitrogen functional groups attached to an aromatic ring is 1. The van der Waals surface area contributed by atoms with E-state index >= 15 is 0 Å². The smallest absolute Gasteiger partial charge is 0.240 e. The molecule has 0 unspecified atom stereocenters. The SMILES string of the molecule is CCCCOCCCNS(=O)(=O)c1ccc(C)c(N)c1. The van der Waals surface area contributed by atoms with Crippen LogP contribution in [0.1, 0.15) is 31.7 Å². The van der Waals surface area contributed by atoms with Crippen LogP contribution in [0.5, 0.6) is 0 Å². The minimum Gasteiger partial charge on any atom is -0.398 e. The number of ether oxygens (including phenoxy) is 1. The first-order chi connectivity index (χ1) is 9.47. The minimum absolute atomic E-state index is 0.201. The van der Waals surface area contributed by atoms with Gasteiger partial charge in [0.15, 0.2) is 0 Å². The molecule has 0 aliphatic heterocycles. The molecule has 0 aliphatic carbocycles. The Hall–Kier alpha value is -1.11. The Bertz CT molecular complexity index is 515. The van der Waals surface area contributed by atoms with E-state index in [1.807, 2.05) is 6.92 Å². The largest absolute Gasteiger partial charge is 0.398 e. The summed E-state index contributed by atoms with van der Waals surface area (Å²) >= 11 is 0. The number of sulfonamides is 1. The normalized spacial score (nSPS) is 11.7. The molecule has 0 saturated carbocycles. The summed E-state index contributed by atoms with van der Waals surface area (Å²) in [6.07, 6.45) is 2.79. The Balaban J connectivity index is 2.40. The van der Waals surface area contributed by atoms with Crippen LogP contribution in [-0.4, -0.2) is 28.2 Å². The molecule has 3 N–H and O–H groups in total. The van der Waals surface area contributed by atoms with E-state index in [0.29, 0.717) is 25.3 Å². The van der Waals surface area contributed by atoms with E-state index in [9.17, 15) is 8.42 Å². The molecule has 0 fully saturated rings. The fourth-order valence-electron chi connectivity index (χ4n) is 1.60. The van der Waals surface area contributed by atoms with Crippen LogP contribution in [0.25, 0.3) is 0 Å². The molecular formula is C14H24N2O3S. The van der Waals surface area contributed by atoms with Gasteiger partial charge in [0.2, 0.25) is 10.0 Å². The van der Waals surface area contributed by atoms with Crippen LogP contribution in [0.3, 0.4) is 0 Å². The van der Waals surface area contributed by atoms with Gasteiger partial charge in [-0.1, -0.05) is 19.4 Å². The monoisotopic (exact) mass is 300 g/mol. The Morgan fingerprint density at radius 2 is 1.95 bits per heavy atom. The van der Waals surface area contributed by atoms with Crippen LogP contribution >= 0.6 is 0 Å². The number of hydrogen-bond acceptors (Lipinski definition) is 4. The molecule has 0 radical (unpaired) electrons. The van der Waals surface area contributed by atoms with E-state index in [-0.39, 0.29) is 4.90 Å². The van der Waals surface area contributed by atoms with Gasteiger partial charge in [0.05, 0.1) is 4.90 Å². The molecule has 0 amide bonds. The molecule has 20 heavy (non-hydrogen) atoms. The van der Waals surface area contributed by atoms with Gasteiger partial charge < -0.3 is 10.5 Å². The first-order valence-electron chi connectivity index (χ1n) is 6.91. The van der Waals surface area contributed by atoms with Crippen LogP contribution in [0.2, 0.25) is 0 Å². The van der Waals surface area contributed by atoms with E-state index in [0.717, 1.165) is 25.0 Å². The zero-order valence-corrected chi connectivity index (χ0v) is 13.0. The van der Waals surface area contributed by atoms with Crippen LogP contribution < -0.4 is 10.5 Å². The Kier molecular flexibility index (Phi) is 6.98. The average Bonchev–Trinajstić information content (AvgIpc) is 2.40. The van der Waals surface area contributed by atoms with Crippen molar-refractivity contribution in [2.24, 2.45) is 0 Å². The van der Waals surface area contributed by atoms with Crippen molar-refractivity contribution in [2.75, 3.05) is 25.5 Å². The topological polar surface area (TPSA) is 81.4 Å². The van der Waals surface area contributed by atoms with Gasteiger partial charge >= 0.3 is 0 Å². The summed E-state index contributed by atoms with van der Waals surface area (Å²) in [6.45, 7) is 5.61. The summed E-state index contributed by atoms with van der Waals surface area (Å²) in [6, 6.07) is 4.75. The molecule has 114 valence electrons. The maximum Gasteiger partial charge on any atom is 0.240 e. The number of anilines is 1. The average molecular weight is 300 g/mol. The third-order valence-corrected chi connectivity index (χ3v) is 4.42.